The predicted molar refractivity (Wildman–Crippen MR) is 70.4 cm³/mol. The summed E-state index contributed by atoms with van der Waals surface area (Å²) in [6.07, 6.45) is -3.23. The Morgan fingerprint density at radius 3 is 2.76 bits per heavy atom. The molecule has 2 rings (SSSR count). The van der Waals surface area contributed by atoms with Crippen molar-refractivity contribution in [2.75, 3.05) is 18.6 Å². The van der Waals surface area contributed by atoms with Gasteiger partial charge in [-0.15, -0.1) is 0 Å². The number of aliphatic hydroxyl groups is 1. The molecule has 5 nitrogen and oxygen atoms in total. The van der Waals surface area contributed by atoms with E-state index in [2.05, 4.69) is 0 Å². The number of rotatable bonds is 3. The molecule has 4 N–H and O–H groups in total. The van der Waals surface area contributed by atoms with Crippen molar-refractivity contribution in [1.29, 1.82) is 0 Å². The quantitative estimate of drug-likeness (QED) is 0.585. The van der Waals surface area contributed by atoms with Gasteiger partial charge in [0.1, 0.15) is 0 Å². The lowest BCUT2D eigenvalue weighted by molar-refractivity contribution is -0.137. The van der Waals surface area contributed by atoms with Crippen molar-refractivity contribution in [3.8, 4) is 0 Å². The summed E-state index contributed by atoms with van der Waals surface area (Å²) in [6, 6.07) is 2.86. The Labute approximate surface area is 119 Å². The van der Waals surface area contributed by atoms with Crippen LogP contribution in [-0.2, 0) is 6.18 Å². The van der Waals surface area contributed by atoms with Crippen LogP contribution >= 0.6 is 0 Å². The molecular weight excluding hydrogens is 287 g/mol. The maximum absolute atomic E-state index is 12.9. The van der Waals surface area contributed by atoms with Crippen LogP contribution in [0.25, 0.3) is 0 Å². The molecule has 0 spiro atoms. The number of carbonyl (C=O) groups excluding carboxylic acids is 1. The van der Waals surface area contributed by atoms with Crippen LogP contribution in [0.1, 0.15) is 28.8 Å². The van der Waals surface area contributed by atoms with Crippen LogP contribution in [0, 0.1) is 0 Å². The molecule has 1 aliphatic heterocycles. The fourth-order valence-corrected chi connectivity index (χ4v) is 2.50. The van der Waals surface area contributed by atoms with Crippen molar-refractivity contribution >= 4 is 11.6 Å². The summed E-state index contributed by atoms with van der Waals surface area (Å²) in [4.78, 5) is 13.7. The molecule has 0 radical (unpaired) electrons. The molecule has 1 saturated heterocycles. The second kappa shape index (κ2) is 5.90. The normalized spacial score (nSPS) is 18.9. The number of carbonyl (C=O) groups is 1. The summed E-state index contributed by atoms with van der Waals surface area (Å²) >= 11 is 0. The van der Waals surface area contributed by atoms with Gasteiger partial charge >= 0.3 is 6.18 Å². The highest BCUT2D eigenvalue weighted by Crippen LogP contribution is 2.35. The van der Waals surface area contributed by atoms with Gasteiger partial charge in [0.2, 0.25) is 0 Å². The highest BCUT2D eigenvalue weighted by molar-refractivity contribution is 5.95. The van der Waals surface area contributed by atoms with E-state index in [1.54, 1.807) is 0 Å². The topological polar surface area (TPSA) is 78.6 Å². The van der Waals surface area contributed by atoms with Crippen LogP contribution in [0.5, 0.6) is 0 Å². The number of nitrogens with zero attached hydrogens (tertiary/aromatic N) is 1. The van der Waals surface area contributed by atoms with Gasteiger partial charge in [-0.1, -0.05) is 0 Å². The third-order valence-corrected chi connectivity index (χ3v) is 3.58. The monoisotopic (exact) mass is 303 g/mol. The number of nitrogen functional groups attached to an aromatic ring is 1. The molecule has 0 aliphatic carbocycles. The summed E-state index contributed by atoms with van der Waals surface area (Å²) in [6.45, 7) is 0.239. The summed E-state index contributed by atoms with van der Waals surface area (Å²) in [5, 5.41) is 9.20. The number of likely N-dealkylation sites (tertiary alicyclic amines) is 1. The lowest BCUT2D eigenvalue weighted by Crippen LogP contribution is -2.37. The van der Waals surface area contributed by atoms with Crippen LogP contribution < -0.4 is 11.3 Å². The van der Waals surface area contributed by atoms with Gasteiger partial charge in [0.25, 0.3) is 5.91 Å². The zero-order chi connectivity index (χ0) is 15.6. The molecule has 8 heteroatoms. The van der Waals surface area contributed by atoms with Crippen LogP contribution in [0.2, 0.25) is 0 Å². The van der Waals surface area contributed by atoms with Crippen molar-refractivity contribution in [2.45, 2.75) is 25.1 Å². The fourth-order valence-electron chi connectivity index (χ4n) is 2.50. The van der Waals surface area contributed by atoms with E-state index in [4.69, 9.17) is 5.84 Å². The van der Waals surface area contributed by atoms with Gasteiger partial charge in [0, 0.05) is 12.1 Å². The van der Waals surface area contributed by atoms with Crippen molar-refractivity contribution in [3.05, 3.63) is 29.3 Å². The average molecular weight is 303 g/mol. The molecule has 1 aliphatic rings. The van der Waals surface area contributed by atoms with Crippen molar-refractivity contribution < 1.29 is 23.1 Å². The van der Waals surface area contributed by atoms with Crippen molar-refractivity contribution in [1.82, 2.24) is 4.90 Å². The van der Waals surface area contributed by atoms with Crippen LogP contribution in [-0.4, -0.2) is 35.1 Å². The first kappa shape index (κ1) is 15.6. The number of nitrogens with one attached hydrogen (secondary N) is 1. The Morgan fingerprint density at radius 2 is 2.19 bits per heavy atom. The first-order chi connectivity index (χ1) is 9.88. The minimum Gasteiger partial charge on any atom is -0.394 e. The van der Waals surface area contributed by atoms with E-state index in [9.17, 15) is 23.1 Å². The first-order valence-electron chi connectivity index (χ1n) is 6.48. The van der Waals surface area contributed by atoms with E-state index >= 15 is 0 Å². The first-order valence-corrected chi connectivity index (χ1v) is 6.48. The number of benzene rings is 1. The molecule has 1 atom stereocenters. The molecule has 0 bridgehead atoms. The van der Waals surface area contributed by atoms with E-state index in [-0.39, 0.29) is 23.9 Å². The van der Waals surface area contributed by atoms with Crippen LogP contribution in [0.4, 0.5) is 18.9 Å². The second-order valence-electron chi connectivity index (χ2n) is 4.88. The molecule has 1 fully saturated rings. The van der Waals surface area contributed by atoms with Gasteiger partial charge < -0.3 is 15.4 Å². The van der Waals surface area contributed by atoms with Crippen molar-refractivity contribution in [3.63, 3.8) is 0 Å². The fraction of sp³-hybridized carbons (Fsp3) is 0.462. The Morgan fingerprint density at radius 1 is 1.48 bits per heavy atom. The maximum Gasteiger partial charge on any atom is 0.418 e. The largest absolute Gasteiger partial charge is 0.418 e. The molecule has 0 aromatic heterocycles. The van der Waals surface area contributed by atoms with Gasteiger partial charge in [-0.05, 0) is 31.0 Å². The van der Waals surface area contributed by atoms with Crippen LogP contribution in [0.3, 0.4) is 0 Å². The number of nitrogens with two attached hydrogens (primary N) is 1. The Balaban J connectivity index is 2.34. The highest BCUT2D eigenvalue weighted by atomic mass is 19.4. The lowest BCUT2D eigenvalue weighted by atomic mass is 10.1. The molecule has 1 aromatic rings. The van der Waals surface area contributed by atoms with E-state index < -0.39 is 17.6 Å². The maximum atomic E-state index is 12.9. The Hall–Kier alpha value is -1.80. The molecule has 1 unspecified atom stereocenters. The zero-order valence-electron chi connectivity index (χ0n) is 11.2. The zero-order valence-corrected chi connectivity index (χ0v) is 11.2. The Kier molecular flexibility index (Phi) is 4.38. The van der Waals surface area contributed by atoms with Gasteiger partial charge in [0.05, 0.1) is 23.9 Å². The van der Waals surface area contributed by atoms with E-state index in [1.807, 2.05) is 5.43 Å². The highest BCUT2D eigenvalue weighted by Gasteiger charge is 2.35. The third-order valence-electron chi connectivity index (χ3n) is 3.58. The summed E-state index contributed by atoms with van der Waals surface area (Å²) in [7, 11) is 0. The number of amides is 1. The lowest BCUT2D eigenvalue weighted by Gasteiger charge is -2.23. The van der Waals surface area contributed by atoms with Gasteiger partial charge in [-0.2, -0.15) is 13.2 Å². The summed E-state index contributed by atoms with van der Waals surface area (Å²) < 4.78 is 38.8. The van der Waals surface area contributed by atoms with E-state index in [0.29, 0.717) is 13.0 Å². The molecule has 116 valence electrons. The SMILES string of the molecule is NNc1ccc(C(=O)N2CCCC2CO)cc1C(F)(F)F. The molecule has 0 saturated carbocycles. The number of hydrogen-bond acceptors (Lipinski definition) is 4. The molecule has 21 heavy (non-hydrogen) atoms. The molecule has 1 heterocycles. The van der Waals surface area contributed by atoms with Gasteiger partial charge in [-0.25, -0.2) is 0 Å². The number of hydrazine groups is 1. The second-order valence-corrected chi connectivity index (χ2v) is 4.88. The van der Waals surface area contributed by atoms with Gasteiger partial charge in [-0.3, -0.25) is 10.6 Å². The molecule has 1 aromatic carbocycles. The van der Waals surface area contributed by atoms with E-state index in [0.717, 1.165) is 18.6 Å². The average Bonchev–Trinajstić information content (AvgIpc) is 2.93. The third kappa shape index (κ3) is 3.11. The summed E-state index contributed by atoms with van der Waals surface area (Å²) in [5.41, 5.74) is 0.622. The number of anilines is 1. The number of hydrogen-bond donors (Lipinski definition) is 3. The number of aliphatic hydroxyl groups excluding tert-OH is 1. The number of alkyl halides is 3. The predicted octanol–water partition coefficient (Wildman–Crippen LogP) is 1.59. The number of halogens is 3. The minimum atomic E-state index is -4.61. The summed E-state index contributed by atoms with van der Waals surface area (Å²) in [5.74, 6) is 4.55. The Bertz CT molecular complexity index is 534. The molecular formula is C13H16F3N3O2. The van der Waals surface area contributed by atoms with Crippen molar-refractivity contribution in [2.24, 2.45) is 5.84 Å². The smallest absolute Gasteiger partial charge is 0.394 e. The van der Waals surface area contributed by atoms with E-state index in [1.165, 1.54) is 11.0 Å². The van der Waals surface area contributed by atoms with Gasteiger partial charge in [0.15, 0.2) is 0 Å². The minimum absolute atomic E-state index is 0.0679. The standard InChI is InChI=1S/C13H16F3N3O2/c14-13(15,16)10-6-8(3-4-11(10)18-17)12(21)19-5-1-2-9(19)7-20/h3-4,6,9,18,20H,1-2,5,7,17H2. The van der Waals surface area contributed by atoms with Crippen LogP contribution in [0.15, 0.2) is 18.2 Å². The molecule has 1 amide bonds.